The molecule has 26 heavy (non-hydrogen) atoms. The van der Waals surface area contributed by atoms with E-state index >= 15 is 0 Å². The van der Waals surface area contributed by atoms with Crippen molar-refractivity contribution >= 4 is 15.9 Å². The Morgan fingerprint density at radius 1 is 1.12 bits per heavy atom. The first kappa shape index (κ1) is 18.4. The van der Waals surface area contributed by atoms with Crippen LogP contribution in [0, 0.1) is 0 Å². The van der Waals surface area contributed by atoms with Crippen LogP contribution in [-0.2, 0) is 16.6 Å². The van der Waals surface area contributed by atoms with Gasteiger partial charge in [-0.3, -0.25) is 4.79 Å². The van der Waals surface area contributed by atoms with E-state index in [1.54, 1.807) is 36.3 Å². The van der Waals surface area contributed by atoms with E-state index in [4.69, 9.17) is 4.74 Å². The van der Waals surface area contributed by atoms with Crippen molar-refractivity contribution in [3.63, 3.8) is 0 Å². The van der Waals surface area contributed by atoms with Gasteiger partial charge in [0.2, 0.25) is 10.0 Å². The molecule has 2 aromatic rings. The van der Waals surface area contributed by atoms with Crippen LogP contribution in [0.2, 0.25) is 0 Å². The molecular formula is C19H22N2O4S. The summed E-state index contributed by atoms with van der Waals surface area (Å²) in [5.41, 5.74) is 1.13. The van der Waals surface area contributed by atoms with Crippen molar-refractivity contribution in [3.05, 3.63) is 59.7 Å². The Morgan fingerprint density at radius 3 is 2.58 bits per heavy atom. The van der Waals surface area contributed by atoms with E-state index in [1.165, 1.54) is 12.1 Å². The van der Waals surface area contributed by atoms with Gasteiger partial charge in [-0.15, -0.1) is 0 Å². The van der Waals surface area contributed by atoms with E-state index in [0.717, 1.165) is 31.5 Å². The number of amides is 1. The highest BCUT2D eigenvalue weighted by Crippen LogP contribution is 2.19. The molecule has 0 atom stereocenters. The number of nitrogens with one attached hydrogen (secondary N) is 1. The van der Waals surface area contributed by atoms with Gasteiger partial charge in [-0.2, -0.15) is 0 Å². The van der Waals surface area contributed by atoms with Crippen molar-refractivity contribution < 1.29 is 17.9 Å². The van der Waals surface area contributed by atoms with Crippen LogP contribution in [0.1, 0.15) is 28.8 Å². The maximum absolute atomic E-state index is 12.6. The van der Waals surface area contributed by atoms with Crippen LogP contribution in [0.25, 0.3) is 0 Å². The Balaban J connectivity index is 1.76. The minimum absolute atomic E-state index is 0.0810. The van der Waals surface area contributed by atoms with Crippen LogP contribution < -0.4 is 9.46 Å². The van der Waals surface area contributed by atoms with Crippen molar-refractivity contribution in [2.45, 2.75) is 24.3 Å². The van der Waals surface area contributed by atoms with Crippen LogP contribution in [0.15, 0.2) is 53.4 Å². The molecule has 0 unspecified atom stereocenters. The molecular weight excluding hydrogens is 352 g/mol. The lowest BCUT2D eigenvalue weighted by molar-refractivity contribution is 0.0792. The van der Waals surface area contributed by atoms with Crippen molar-refractivity contribution in [1.29, 1.82) is 0 Å². The number of para-hydroxylation sites is 1. The maximum atomic E-state index is 12.6. The molecule has 1 saturated heterocycles. The van der Waals surface area contributed by atoms with Crippen LogP contribution in [0.4, 0.5) is 0 Å². The van der Waals surface area contributed by atoms with E-state index in [1.807, 2.05) is 12.1 Å². The summed E-state index contributed by atoms with van der Waals surface area (Å²) in [5.74, 6) is 0.498. The van der Waals surface area contributed by atoms with Gasteiger partial charge in [0, 0.05) is 30.8 Å². The van der Waals surface area contributed by atoms with Crippen molar-refractivity contribution in [3.8, 4) is 5.75 Å². The zero-order chi connectivity index (χ0) is 18.6. The Bertz CT molecular complexity index is 890. The number of hydrogen-bond acceptors (Lipinski definition) is 4. The molecule has 6 nitrogen and oxygen atoms in total. The van der Waals surface area contributed by atoms with E-state index < -0.39 is 10.0 Å². The van der Waals surface area contributed by atoms with E-state index in [0.29, 0.717) is 11.3 Å². The third-order valence-corrected chi connectivity index (χ3v) is 5.83. The highest BCUT2D eigenvalue weighted by atomic mass is 32.2. The molecule has 3 rings (SSSR count). The number of nitrogens with zero attached hydrogens (tertiary/aromatic N) is 1. The largest absolute Gasteiger partial charge is 0.496 e. The normalized spacial score (nSPS) is 14.4. The minimum Gasteiger partial charge on any atom is -0.496 e. The summed E-state index contributed by atoms with van der Waals surface area (Å²) < 4.78 is 33.1. The first-order valence-electron chi connectivity index (χ1n) is 8.52. The molecule has 1 fully saturated rings. The molecule has 0 spiro atoms. The van der Waals surface area contributed by atoms with Crippen LogP contribution in [0.5, 0.6) is 5.75 Å². The Kier molecular flexibility index (Phi) is 5.58. The van der Waals surface area contributed by atoms with Crippen LogP contribution in [-0.4, -0.2) is 39.4 Å². The summed E-state index contributed by atoms with van der Waals surface area (Å²) in [7, 11) is -2.20. The summed E-state index contributed by atoms with van der Waals surface area (Å²) >= 11 is 0. The Hall–Kier alpha value is -2.38. The number of benzene rings is 2. The summed E-state index contributed by atoms with van der Waals surface area (Å²) in [5, 5.41) is 0. The number of ether oxygens (including phenoxy) is 1. The average molecular weight is 374 g/mol. The highest BCUT2D eigenvalue weighted by Gasteiger charge is 2.22. The standard InChI is InChI=1S/C19H22N2O4S/c1-25-18-10-3-2-7-16(18)14-20-26(23,24)17-9-6-8-15(13-17)19(22)21-11-4-5-12-21/h2-3,6-10,13,20H,4-5,11-12,14H2,1H3. The predicted octanol–water partition coefficient (Wildman–Crippen LogP) is 2.41. The van der Waals surface area contributed by atoms with Gasteiger partial charge in [0.25, 0.3) is 5.91 Å². The summed E-state index contributed by atoms with van der Waals surface area (Å²) in [6.45, 7) is 1.56. The monoisotopic (exact) mass is 374 g/mol. The Labute approximate surface area is 153 Å². The molecule has 1 heterocycles. The van der Waals surface area contributed by atoms with Gasteiger partial charge in [-0.25, -0.2) is 13.1 Å². The third-order valence-electron chi connectivity index (χ3n) is 4.43. The molecule has 7 heteroatoms. The summed E-state index contributed by atoms with van der Waals surface area (Å²) in [4.78, 5) is 14.3. The number of carbonyl (C=O) groups is 1. The average Bonchev–Trinajstić information content (AvgIpc) is 3.21. The number of methoxy groups -OCH3 is 1. The fraction of sp³-hybridized carbons (Fsp3) is 0.316. The summed E-state index contributed by atoms with van der Waals surface area (Å²) in [6.07, 6.45) is 1.98. The molecule has 2 aromatic carbocycles. The van der Waals surface area contributed by atoms with Gasteiger partial charge in [0.05, 0.1) is 12.0 Å². The van der Waals surface area contributed by atoms with Gasteiger partial charge >= 0.3 is 0 Å². The number of carbonyl (C=O) groups excluding carboxylic acids is 1. The Morgan fingerprint density at radius 2 is 1.85 bits per heavy atom. The highest BCUT2D eigenvalue weighted by molar-refractivity contribution is 7.89. The fourth-order valence-electron chi connectivity index (χ4n) is 3.00. The first-order chi connectivity index (χ1) is 12.5. The molecule has 0 aliphatic carbocycles. The van der Waals surface area contributed by atoms with Gasteiger partial charge in [-0.05, 0) is 37.1 Å². The molecule has 1 aliphatic heterocycles. The second-order valence-electron chi connectivity index (χ2n) is 6.16. The maximum Gasteiger partial charge on any atom is 0.253 e. The molecule has 1 amide bonds. The van der Waals surface area contributed by atoms with Crippen LogP contribution in [0.3, 0.4) is 0 Å². The smallest absolute Gasteiger partial charge is 0.253 e. The number of hydrogen-bond donors (Lipinski definition) is 1. The zero-order valence-corrected chi connectivity index (χ0v) is 15.5. The van der Waals surface area contributed by atoms with Gasteiger partial charge in [-0.1, -0.05) is 24.3 Å². The van der Waals surface area contributed by atoms with Crippen molar-refractivity contribution in [1.82, 2.24) is 9.62 Å². The SMILES string of the molecule is COc1ccccc1CNS(=O)(=O)c1cccc(C(=O)N2CCCC2)c1. The number of rotatable bonds is 6. The second-order valence-corrected chi connectivity index (χ2v) is 7.93. The second kappa shape index (κ2) is 7.88. The lowest BCUT2D eigenvalue weighted by atomic mass is 10.2. The first-order valence-corrected chi connectivity index (χ1v) is 10.0. The zero-order valence-electron chi connectivity index (χ0n) is 14.6. The third kappa shape index (κ3) is 4.05. The van der Waals surface area contributed by atoms with Gasteiger partial charge in [0.15, 0.2) is 0 Å². The summed E-state index contributed by atoms with van der Waals surface area (Å²) in [6, 6.07) is 13.4. The van der Waals surface area contributed by atoms with E-state index in [2.05, 4.69) is 4.72 Å². The van der Waals surface area contributed by atoms with Crippen LogP contribution >= 0.6 is 0 Å². The number of likely N-dealkylation sites (tertiary alicyclic amines) is 1. The molecule has 0 saturated carbocycles. The molecule has 0 radical (unpaired) electrons. The van der Waals surface area contributed by atoms with E-state index in [-0.39, 0.29) is 17.3 Å². The molecule has 1 N–H and O–H groups in total. The minimum atomic E-state index is -3.74. The molecule has 1 aliphatic rings. The molecule has 0 bridgehead atoms. The lowest BCUT2D eigenvalue weighted by Crippen LogP contribution is -2.28. The molecule has 0 aromatic heterocycles. The predicted molar refractivity (Wildman–Crippen MR) is 98.6 cm³/mol. The number of sulfonamides is 1. The topological polar surface area (TPSA) is 75.7 Å². The fourth-order valence-corrected chi connectivity index (χ4v) is 4.06. The molecule has 138 valence electrons. The quantitative estimate of drug-likeness (QED) is 0.842. The van der Waals surface area contributed by atoms with Crippen molar-refractivity contribution in [2.24, 2.45) is 0 Å². The lowest BCUT2D eigenvalue weighted by Gasteiger charge is -2.16. The van der Waals surface area contributed by atoms with E-state index in [9.17, 15) is 13.2 Å². The van der Waals surface area contributed by atoms with Gasteiger partial charge in [0.1, 0.15) is 5.75 Å². The van der Waals surface area contributed by atoms with Gasteiger partial charge < -0.3 is 9.64 Å². The van der Waals surface area contributed by atoms with Crippen molar-refractivity contribution in [2.75, 3.05) is 20.2 Å².